The van der Waals surface area contributed by atoms with Gasteiger partial charge in [-0.1, -0.05) is 0 Å². The zero-order valence-electron chi connectivity index (χ0n) is 16.0. The average molecular weight is 395 g/mol. The summed E-state index contributed by atoms with van der Waals surface area (Å²) in [6.07, 6.45) is 9.63. The highest BCUT2D eigenvalue weighted by Crippen LogP contribution is 2.30. The topological polar surface area (TPSA) is 71.8 Å². The minimum atomic E-state index is -0.405. The molecule has 1 aliphatic carbocycles. The zero-order chi connectivity index (χ0) is 19.8. The number of fused-ring (bicyclic) bond motifs is 1. The van der Waals surface area contributed by atoms with Gasteiger partial charge in [-0.2, -0.15) is 0 Å². The molecule has 0 radical (unpaired) electrons. The molecule has 5 rings (SSSR count). The monoisotopic (exact) mass is 395 g/mol. The van der Waals surface area contributed by atoms with Gasteiger partial charge in [0, 0.05) is 30.5 Å². The second kappa shape index (κ2) is 7.35. The summed E-state index contributed by atoms with van der Waals surface area (Å²) >= 11 is 0. The van der Waals surface area contributed by atoms with Crippen molar-refractivity contribution >= 4 is 17.5 Å². The van der Waals surface area contributed by atoms with Crippen molar-refractivity contribution in [2.24, 2.45) is 5.92 Å². The number of anilines is 1. The van der Waals surface area contributed by atoms with Crippen molar-refractivity contribution in [3.05, 3.63) is 42.6 Å². The first-order valence-electron chi connectivity index (χ1n) is 9.99. The van der Waals surface area contributed by atoms with Crippen LogP contribution in [0.3, 0.4) is 0 Å². The maximum Gasteiger partial charge on any atom is 0.321 e. The Morgan fingerprint density at radius 1 is 1.24 bits per heavy atom. The third kappa shape index (κ3) is 3.87. The first-order chi connectivity index (χ1) is 14.2. The fourth-order valence-electron chi connectivity index (χ4n) is 3.49. The van der Waals surface area contributed by atoms with E-state index in [0.717, 1.165) is 25.9 Å². The average Bonchev–Trinajstić information content (AvgIpc) is 3.21. The van der Waals surface area contributed by atoms with E-state index < -0.39 is 5.82 Å². The number of nitrogens with zero attached hydrogens (tertiary/aromatic N) is 4. The molecule has 29 heavy (non-hydrogen) atoms. The molecule has 0 bridgehead atoms. The predicted molar refractivity (Wildman–Crippen MR) is 106 cm³/mol. The van der Waals surface area contributed by atoms with Crippen molar-refractivity contribution < 1.29 is 13.9 Å². The second-order valence-electron chi connectivity index (χ2n) is 7.70. The molecule has 2 fully saturated rings. The number of likely N-dealkylation sites (tertiary alicyclic amines) is 1. The summed E-state index contributed by atoms with van der Waals surface area (Å²) in [6, 6.07) is 4.35. The number of carbonyl (C=O) groups excluding carboxylic acids is 1. The van der Waals surface area contributed by atoms with Crippen LogP contribution in [-0.4, -0.2) is 45.0 Å². The van der Waals surface area contributed by atoms with Gasteiger partial charge in [0.2, 0.25) is 5.78 Å². The Morgan fingerprint density at radius 3 is 2.86 bits per heavy atom. The molecule has 0 unspecified atom stereocenters. The number of aromatic nitrogens is 3. The van der Waals surface area contributed by atoms with E-state index in [-0.39, 0.29) is 6.03 Å². The van der Waals surface area contributed by atoms with Crippen LogP contribution in [0.25, 0.3) is 17.0 Å². The van der Waals surface area contributed by atoms with Crippen molar-refractivity contribution in [1.82, 2.24) is 19.3 Å². The Hall–Kier alpha value is -3.16. The lowest BCUT2D eigenvalue weighted by molar-refractivity contribution is 0.222. The number of imidazole rings is 1. The quantitative estimate of drug-likeness (QED) is 0.710. The third-order valence-electron chi connectivity index (χ3n) is 5.36. The molecule has 2 amide bonds. The van der Waals surface area contributed by atoms with Gasteiger partial charge < -0.3 is 15.0 Å². The molecule has 1 saturated carbocycles. The van der Waals surface area contributed by atoms with Gasteiger partial charge in [-0.15, -0.1) is 0 Å². The highest BCUT2D eigenvalue weighted by atomic mass is 19.1. The number of urea groups is 1. The number of halogens is 1. The molecule has 2 aromatic heterocycles. The summed E-state index contributed by atoms with van der Waals surface area (Å²) in [5.41, 5.74) is 1.30. The lowest BCUT2D eigenvalue weighted by atomic mass is 10.1. The Balaban J connectivity index is 1.38. The molecular weight excluding hydrogens is 373 g/mol. The Bertz CT molecular complexity index is 1060. The molecule has 1 aliphatic heterocycles. The number of ether oxygens (including phenoxy) is 1. The predicted octanol–water partition coefficient (Wildman–Crippen LogP) is 3.95. The number of carbonyl (C=O) groups is 1. The van der Waals surface area contributed by atoms with Crippen LogP contribution < -0.4 is 10.1 Å². The van der Waals surface area contributed by atoms with Crippen LogP contribution in [0.15, 0.2) is 36.8 Å². The van der Waals surface area contributed by atoms with E-state index in [9.17, 15) is 9.18 Å². The third-order valence-corrected chi connectivity index (χ3v) is 5.36. The van der Waals surface area contributed by atoms with Gasteiger partial charge in [0.05, 0.1) is 24.7 Å². The van der Waals surface area contributed by atoms with Gasteiger partial charge in [-0.3, -0.25) is 4.40 Å². The van der Waals surface area contributed by atoms with Crippen molar-refractivity contribution in [2.75, 3.05) is 25.0 Å². The standard InChI is InChI=1S/C21H22FN5O2/c22-18-6-5-15(24-21(28)26-7-1-2-8-26)9-17(18)19-12-27-11-16(10-23-20(27)25-19)29-13-14-3-4-14/h5-6,9-12,14H,1-4,7-8,13H2,(H,24,28). The van der Waals surface area contributed by atoms with Crippen LogP contribution in [0.1, 0.15) is 25.7 Å². The van der Waals surface area contributed by atoms with Crippen LogP contribution in [-0.2, 0) is 0 Å². The fourth-order valence-corrected chi connectivity index (χ4v) is 3.49. The van der Waals surface area contributed by atoms with E-state index >= 15 is 0 Å². The van der Waals surface area contributed by atoms with E-state index in [4.69, 9.17) is 4.74 Å². The van der Waals surface area contributed by atoms with Gasteiger partial charge in [0.25, 0.3) is 0 Å². The van der Waals surface area contributed by atoms with E-state index in [1.54, 1.807) is 40.0 Å². The number of hydrogen-bond acceptors (Lipinski definition) is 4. The molecule has 0 atom stereocenters. The smallest absolute Gasteiger partial charge is 0.321 e. The maximum atomic E-state index is 14.5. The summed E-state index contributed by atoms with van der Waals surface area (Å²) in [5, 5.41) is 2.85. The molecule has 150 valence electrons. The number of nitrogens with one attached hydrogen (secondary N) is 1. The van der Waals surface area contributed by atoms with E-state index in [1.165, 1.54) is 18.9 Å². The SMILES string of the molecule is O=C(Nc1ccc(F)c(-c2cn3cc(OCC4CC4)cnc3n2)c1)N1CCCC1. The normalized spacial score (nSPS) is 16.4. The first kappa shape index (κ1) is 17.9. The summed E-state index contributed by atoms with van der Waals surface area (Å²) in [6.45, 7) is 2.20. The summed E-state index contributed by atoms with van der Waals surface area (Å²) < 4.78 is 22.0. The molecule has 3 heterocycles. The molecule has 2 aliphatic rings. The van der Waals surface area contributed by atoms with Gasteiger partial charge in [0.1, 0.15) is 5.82 Å². The number of rotatable bonds is 5. The highest BCUT2D eigenvalue weighted by Gasteiger charge is 2.22. The number of benzene rings is 1. The van der Waals surface area contributed by atoms with Crippen molar-refractivity contribution in [2.45, 2.75) is 25.7 Å². The maximum absolute atomic E-state index is 14.5. The van der Waals surface area contributed by atoms with E-state index in [2.05, 4.69) is 15.3 Å². The molecule has 8 heteroatoms. The van der Waals surface area contributed by atoms with Crippen LogP contribution in [0, 0.1) is 11.7 Å². The van der Waals surface area contributed by atoms with Crippen LogP contribution in [0.5, 0.6) is 5.75 Å². The molecule has 7 nitrogen and oxygen atoms in total. The van der Waals surface area contributed by atoms with E-state index in [0.29, 0.717) is 41.0 Å². The Labute approximate surface area is 167 Å². The van der Waals surface area contributed by atoms with Crippen LogP contribution in [0.4, 0.5) is 14.9 Å². The van der Waals surface area contributed by atoms with Gasteiger partial charge in [-0.05, 0) is 49.8 Å². The molecule has 0 spiro atoms. The lowest BCUT2D eigenvalue weighted by Gasteiger charge is -2.16. The van der Waals surface area contributed by atoms with Crippen molar-refractivity contribution in [3.63, 3.8) is 0 Å². The Kier molecular flexibility index (Phi) is 4.54. The minimum Gasteiger partial charge on any atom is -0.490 e. The molecule has 1 saturated heterocycles. The highest BCUT2D eigenvalue weighted by molar-refractivity contribution is 5.90. The van der Waals surface area contributed by atoms with Crippen molar-refractivity contribution in [1.29, 1.82) is 0 Å². The van der Waals surface area contributed by atoms with Gasteiger partial charge >= 0.3 is 6.03 Å². The minimum absolute atomic E-state index is 0.158. The largest absolute Gasteiger partial charge is 0.490 e. The number of hydrogen-bond donors (Lipinski definition) is 1. The van der Waals surface area contributed by atoms with Crippen molar-refractivity contribution in [3.8, 4) is 17.0 Å². The fraction of sp³-hybridized carbons (Fsp3) is 0.381. The lowest BCUT2D eigenvalue weighted by Crippen LogP contribution is -2.32. The van der Waals surface area contributed by atoms with E-state index in [1.807, 2.05) is 0 Å². The second-order valence-corrected chi connectivity index (χ2v) is 7.70. The molecule has 3 aromatic rings. The summed E-state index contributed by atoms with van der Waals surface area (Å²) in [5.74, 6) is 1.37. The van der Waals surface area contributed by atoms with Gasteiger partial charge in [0.15, 0.2) is 5.75 Å². The van der Waals surface area contributed by atoms with Gasteiger partial charge in [-0.25, -0.2) is 19.2 Å². The zero-order valence-corrected chi connectivity index (χ0v) is 16.0. The summed E-state index contributed by atoms with van der Waals surface area (Å²) in [7, 11) is 0. The molecular formula is C21H22FN5O2. The summed E-state index contributed by atoms with van der Waals surface area (Å²) in [4.78, 5) is 22.8. The number of amides is 2. The van der Waals surface area contributed by atoms with Crippen LogP contribution >= 0.6 is 0 Å². The molecule has 1 N–H and O–H groups in total. The molecule has 1 aromatic carbocycles. The van der Waals surface area contributed by atoms with Crippen LogP contribution in [0.2, 0.25) is 0 Å². The Morgan fingerprint density at radius 2 is 2.07 bits per heavy atom. The first-order valence-corrected chi connectivity index (χ1v) is 9.99.